The van der Waals surface area contributed by atoms with Gasteiger partial charge < -0.3 is 20.1 Å². The van der Waals surface area contributed by atoms with Gasteiger partial charge in [0.15, 0.2) is 6.61 Å². The second-order valence-corrected chi connectivity index (χ2v) is 8.04. The predicted octanol–water partition coefficient (Wildman–Crippen LogP) is 4.10. The fourth-order valence-corrected chi connectivity index (χ4v) is 4.50. The van der Waals surface area contributed by atoms with Crippen LogP contribution >= 0.6 is 11.6 Å². The summed E-state index contributed by atoms with van der Waals surface area (Å²) in [5.41, 5.74) is 9.73. The number of fused-ring (bicyclic) bond motifs is 3. The minimum Gasteiger partial charge on any atom is -0.481 e. The maximum Gasteiger partial charge on any atom is 0.341 e. The van der Waals surface area contributed by atoms with Crippen molar-refractivity contribution in [1.29, 1.82) is 0 Å². The maximum atomic E-state index is 12.4. The van der Waals surface area contributed by atoms with E-state index in [1.54, 1.807) is 6.07 Å². The Bertz CT molecular complexity index is 1100. The molecule has 3 N–H and O–H groups in total. The first-order valence-electron chi connectivity index (χ1n) is 9.98. The molecule has 30 heavy (non-hydrogen) atoms. The Hall–Kier alpha value is -2.99. The molecule has 1 atom stereocenters. The lowest BCUT2D eigenvalue weighted by Gasteiger charge is -2.14. The Morgan fingerprint density at radius 3 is 2.63 bits per heavy atom. The van der Waals surface area contributed by atoms with Gasteiger partial charge in [0.25, 0.3) is 0 Å². The van der Waals surface area contributed by atoms with Crippen molar-refractivity contribution in [2.24, 2.45) is 5.73 Å². The fourth-order valence-electron chi connectivity index (χ4n) is 4.38. The number of ether oxygens (including phenoxy) is 1. The number of rotatable bonds is 6. The summed E-state index contributed by atoms with van der Waals surface area (Å²) in [5, 5.41) is 10.5. The number of benzene rings is 2. The number of hydrogen-bond acceptors (Lipinski definition) is 3. The summed E-state index contributed by atoms with van der Waals surface area (Å²) in [6.45, 7) is 0.161. The predicted molar refractivity (Wildman–Crippen MR) is 115 cm³/mol. The highest BCUT2D eigenvalue weighted by Gasteiger charge is 2.31. The van der Waals surface area contributed by atoms with E-state index in [2.05, 4.69) is 4.57 Å². The normalized spacial score (nSPS) is 16.1. The molecule has 3 aromatic rings. The summed E-state index contributed by atoms with van der Waals surface area (Å²) in [7, 11) is 0. The van der Waals surface area contributed by atoms with E-state index in [0.717, 1.165) is 47.0 Å². The van der Waals surface area contributed by atoms with Crippen molar-refractivity contribution >= 4 is 34.4 Å². The number of aromatic nitrogens is 1. The molecule has 1 aromatic heterocycles. The number of carboxylic acid groups (broad SMARTS) is 1. The van der Waals surface area contributed by atoms with Crippen LogP contribution in [0.5, 0.6) is 5.75 Å². The number of amides is 1. The van der Waals surface area contributed by atoms with Crippen LogP contribution < -0.4 is 10.5 Å². The molecule has 0 bridgehead atoms. The molecule has 0 radical (unpaired) electrons. The van der Waals surface area contributed by atoms with Crippen LogP contribution in [0.15, 0.2) is 42.5 Å². The van der Waals surface area contributed by atoms with E-state index >= 15 is 0 Å². The third-order valence-corrected chi connectivity index (χ3v) is 5.91. The van der Waals surface area contributed by atoms with E-state index in [9.17, 15) is 9.59 Å². The van der Waals surface area contributed by atoms with Gasteiger partial charge in [-0.2, -0.15) is 0 Å². The van der Waals surface area contributed by atoms with Crippen LogP contribution in [0.1, 0.15) is 42.0 Å². The molecule has 0 fully saturated rings. The molecule has 7 heteroatoms. The Labute approximate surface area is 179 Å². The summed E-state index contributed by atoms with van der Waals surface area (Å²) in [6.07, 6.45) is 3.36. The van der Waals surface area contributed by atoms with Gasteiger partial charge >= 0.3 is 5.97 Å². The van der Waals surface area contributed by atoms with Gasteiger partial charge in [-0.05, 0) is 54.7 Å². The van der Waals surface area contributed by atoms with Crippen LogP contribution in [-0.2, 0) is 22.6 Å². The van der Waals surface area contributed by atoms with Gasteiger partial charge in [0.1, 0.15) is 5.75 Å². The molecule has 4 rings (SSSR count). The lowest BCUT2D eigenvalue weighted by Crippen LogP contribution is -2.21. The van der Waals surface area contributed by atoms with Crippen LogP contribution in [0.4, 0.5) is 0 Å². The number of aliphatic carboxylic acids is 1. The summed E-state index contributed by atoms with van der Waals surface area (Å²) in [5.74, 6) is -1.37. The molecule has 0 spiro atoms. The number of nitrogens with two attached hydrogens (primary N) is 1. The lowest BCUT2D eigenvalue weighted by molar-refractivity contribution is -0.139. The molecule has 1 aliphatic rings. The zero-order valence-electron chi connectivity index (χ0n) is 16.4. The van der Waals surface area contributed by atoms with Crippen LogP contribution in [0.3, 0.4) is 0 Å². The quantitative estimate of drug-likeness (QED) is 0.580. The van der Waals surface area contributed by atoms with Crippen molar-refractivity contribution in [3.8, 4) is 5.75 Å². The Balaban J connectivity index is 1.93. The van der Waals surface area contributed by atoms with Crippen molar-refractivity contribution in [2.45, 2.75) is 38.1 Å². The standard InChI is InChI=1S/C23H23ClN2O4/c24-15-10-8-14(9-11-15)12-26-17-5-2-1-4-16(23(25)29)21(17)22-18(26)6-3-7-19(22)30-13-20(27)28/h3,6-11,16H,1-2,4-5,12-13H2,(H2,25,29)(H,27,28). The minimum absolute atomic E-state index is 0.364. The molecule has 1 amide bonds. The van der Waals surface area contributed by atoms with E-state index in [4.69, 9.17) is 27.2 Å². The Kier molecular flexibility index (Phi) is 5.68. The van der Waals surface area contributed by atoms with E-state index < -0.39 is 18.5 Å². The summed E-state index contributed by atoms with van der Waals surface area (Å²) in [4.78, 5) is 23.4. The summed E-state index contributed by atoms with van der Waals surface area (Å²) < 4.78 is 7.81. The zero-order valence-corrected chi connectivity index (χ0v) is 17.2. The SMILES string of the molecule is NC(=O)C1CCCCc2c1c1c(OCC(=O)O)cccc1n2Cc1ccc(Cl)cc1. The van der Waals surface area contributed by atoms with Crippen molar-refractivity contribution in [3.63, 3.8) is 0 Å². The summed E-state index contributed by atoms with van der Waals surface area (Å²) in [6, 6.07) is 13.2. The highest BCUT2D eigenvalue weighted by molar-refractivity contribution is 6.30. The van der Waals surface area contributed by atoms with E-state index in [0.29, 0.717) is 23.7 Å². The monoisotopic (exact) mass is 426 g/mol. The molecule has 1 unspecified atom stereocenters. The molecule has 1 heterocycles. The van der Waals surface area contributed by atoms with E-state index in [-0.39, 0.29) is 5.91 Å². The van der Waals surface area contributed by atoms with Crippen LogP contribution in [0.25, 0.3) is 10.9 Å². The lowest BCUT2D eigenvalue weighted by atomic mass is 9.92. The van der Waals surface area contributed by atoms with Gasteiger partial charge in [-0.3, -0.25) is 4.79 Å². The highest BCUT2D eigenvalue weighted by Crippen LogP contribution is 2.42. The number of nitrogens with zero attached hydrogens (tertiary/aromatic N) is 1. The van der Waals surface area contributed by atoms with Crippen molar-refractivity contribution < 1.29 is 19.4 Å². The molecule has 2 aromatic carbocycles. The largest absolute Gasteiger partial charge is 0.481 e. The van der Waals surface area contributed by atoms with Crippen LogP contribution in [-0.4, -0.2) is 28.2 Å². The number of carboxylic acids is 1. The van der Waals surface area contributed by atoms with E-state index in [1.165, 1.54) is 0 Å². The second kappa shape index (κ2) is 8.40. The molecule has 0 aliphatic heterocycles. The molecule has 1 aliphatic carbocycles. The third kappa shape index (κ3) is 3.87. The second-order valence-electron chi connectivity index (χ2n) is 7.61. The van der Waals surface area contributed by atoms with Gasteiger partial charge in [0.05, 0.1) is 11.4 Å². The Morgan fingerprint density at radius 1 is 1.17 bits per heavy atom. The summed E-state index contributed by atoms with van der Waals surface area (Å²) >= 11 is 6.04. The smallest absolute Gasteiger partial charge is 0.341 e. The number of carbonyl (C=O) groups excluding carboxylic acids is 1. The third-order valence-electron chi connectivity index (χ3n) is 5.65. The maximum absolute atomic E-state index is 12.4. The van der Waals surface area contributed by atoms with Gasteiger partial charge in [-0.15, -0.1) is 0 Å². The molecule has 0 saturated heterocycles. The van der Waals surface area contributed by atoms with Crippen molar-refractivity contribution in [1.82, 2.24) is 4.57 Å². The molecular formula is C23H23ClN2O4. The first kappa shape index (κ1) is 20.3. The fraction of sp³-hybridized carbons (Fsp3) is 0.304. The molecular weight excluding hydrogens is 404 g/mol. The average molecular weight is 427 g/mol. The molecule has 6 nitrogen and oxygen atoms in total. The first-order chi connectivity index (χ1) is 14.5. The van der Waals surface area contributed by atoms with Gasteiger partial charge in [0.2, 0.25) is 5.91 Å². The minimum atomic E-state index is -1.05. The highest BCUT2D eigenvalue weighted by atomic mass is 35.5. The first-order valence-corrected chi connectivity index (χ1v) is 10.4. The molecule has 0 saturated carbocycles. The zero-order chi connectivity index (χ0) is 21.3. The number of carbonyl (C=O) groups is 2. The van der Waals surface area contributed by atoms with Crippen LogP contribution in [0, 0.1) is 0 Å². The van der Waals surface area contributed by atoms with Crippen LogP contribution in [0.2, 0.25) is 5.02 Å². The van der Waals surface area contributed by atoms with E-state index in [1.807, 2.05) is 36.4 Å². The van der Waals surface area contributed by atoms with Crippen molar-refractivity contribution in [2.75, 3.05) is 6.61 Å². The van der Waals surface area contributed by atoms with Crippen molar-refractivity contribution in [3.05, 3.63) is 64.3 Å². The average Bonchev–Trinajstić information content (AvgIpc) is 2.87. The van der Waals surface area contributed by atoms with Gasteiger partial charge in [0, 0.05) is 22.6 Å². The number of primary amides is 1. The van der Waals surface area contributed by atoms with Gasteiger partial charge in [-0.25, -0.2) is 4.79 Å². The topological polar surface area (TPSA) is 94.6 Å². The Morgan fingerprint density at radius 2 is 1.93 bits per heavy atom. The molecule has 156 valence electrons. The van der Waals surface area contributed by atoms with Gasteiger partial charge in [-0.1, -0.05) is 36.2 Å². The number of hydrogen-bond donors (Lipinski definition) is 2. The number of halogens is 1.